The zero-order valence-electron chi connectivity index (χ0n) is 8.16. The second-order valence-electron chi connectivity index (χ2n) is 3.19. The van der Waals surface area contributed by atoms with Crippen molar-refractivity contribution in [1.29, 1.82) is 0 Å². The second kappa shape index (κ2) is 4.61. The fourth-order valence-electron chi connectivity index (χ4n) is 1.10. The molecule has 0 aliphatic carbocycles. The van der Waals surface area contributed by atoms with Gasteiger partial charge in [-0.1, -0.05) is 0 Å². The quantitative estimate of drug-likeness (QED) is 0.893. The Morgan fingerprint density at radius 3 is 2.79 bits per heavy atom. The van der Waals surface area contributed by atoms with Crippen LogP contribution < -0.4 is 5.73 Å². The summed E-state index contributed by atoms with van der Waals surface area (Å²) in [5.74, 6) is 0.630. The predicted octanol–water partition coefficient (Wildman–Crippen LogP) is 1.35. The fourth-order valence-corrected chi connectivity index (χ4v) is 1.44. The van der Waals surface area contributed by atoms with E-state index >= 15 is 0 Å². The number of carbonyl (C=O) groups excluding carboxylic acids is 1. The summed E-state index contributed by atoms with van der Waals surface area (Å²) in [5.41, 5.74) is 5.46. The topological polar surface area (TPSA) is 59.5 Å². The molecule has 78 valence electrons. The van der Waals surface area contributed by atoms with E-state index in [1.807, 2.05) is 6.07 Å². The van der Waals surface area contributed by atoms with Gasteiger partial charge in [-0.05, 0) is 35.0 Å². The van der Waals surface area contributed by atoms with Crippen molar-refractivity contribution >= 4 is 21.8 Å². The zero-order chi connectivity index (χ0) is 10.7. The molecule has 0 radical (unpaired) electrons. The molecular weight excluding hydrogens is 248 g/mol. The summed E-state index contributed by atoms with van der Waals surface area (Å²) >= 11 is 3.19. The van der Waals surface area contributed by atoms with Crippen LogP contribution in [0.1, 0.15) is 12.7 Å². The third-order valence-electron chi connectivity index (χ3n) is 1.79. The molecule has 0 aromatic carbocycles. The Morgan fingerprint density at radius 2 is 2.36 bits per heavy atom. The first-order chi connectivity index (χ1) is 6.50. The van der Waals surface area contributed by atoms with Crippen molar-refractivity contribution in [3.8, 4) is 0 Å². The monoisotopic (exact) mass is 260 g/mol. The van der Waals surface area contributed by atoms with Crippen molar-refractivity contribution in [2.45, 2.75) is 19.5 Å². The molecule has 0 bridgehead atoms. The van der Waals surface area contributed by atoms with Gasteiger partial charge in [0.15, 0.2) is 4.67 Å². The molecule has 4 nitrogen and oxygen atoms in total. The minimum Gasteiger partial charge on any atom is -0.452 e. The van der Waals surface area contributed by atoms with Crippen LogP contribution in [0.3, 0.4) is 0 Å². The summed E-state index contributed by atoms with van der Waals surface area (Å²) in [5, 5.41) is 0. The molecule has 1 unspecified atom stereocenters. The van der Waals surface area contributed by atoms with E-state index in [9.17, 15) is 4.79 Å². The van der Waals surface area contributed by atoms with Gasteiger partial charge < -0.3 is 15.1 Å². The number of likely N-dealkylation sites (N-methyl/N-ethyl adjacent to an activating group) is 1. The van der Waals surface area contributed by atoms with Gasteiger partial charge in [0.2, 0.25) is 5.91 Å². The van der Waals surface area contributed by atoms with Gasteiger partial charge in [0, 0.05) is 7.05 Å². The number of amides is 1. The van der Waals surface area contributed by atoms with Crippen LogP contribution in [0.5, 0.6) is 0 Å². The van der Waals surface area contributed by atoms with Gasteiger partial charge in [-0.15, -0.1) is 0 Å². The molecule has 1 atom stereocenters. The predicted molar refractivity (Wildman–Crippen MR) is 56.5 cm³/mol. The van der Waals surface area contributed by atoms with E-state index in [0.717, 1.165) is 5.76 Å². The zero-order valence-corrected chi connectivity index (χ0v) is 9.74. The van der Waals surface area contributed by atoms with E-state index in [1.54, 1.807) is 20.0 Å². The van der Waals surface area contributed by atoms with Gasteiger partial charge in [0.05, 0.1) is 12.6 Å². The summed E-state index contributed by atoms with van der Waals surface area (Å²) in [6.45, 7) is 2.10. The first-order valence-electron chi connectivity index (χ1n) is 4.25. The summed E-state index contributed by atoms with van der Waals surface area (Å²) in [6, 6.07) is 3.13. The largest absolute Gasteiger partial charge is 0.452 e. The minimum absolute atomic E-state index is 0.0995. The number of rotatable bonds is 3. The molecule has 2 N–H and O–H groups in total. The summed E-state index contributed by atoms with van der Waals surface area (Å²) in [6.07, 6.45) is 0. The van der Waals surface area contributed by atoms with Crippen LogP contribution >= 0.6 is 15.9 Å². The van der Waals surface area contributed by atoms with Crippen LogP contribution in [0.15, 0.2) is 21.2 Å². The Morgan fingerprint density at radius 1 is 1.71 bits per heavy atom. The molecule has 0 aliphatic heterocycles. The van der Waals surface area contributed by atoms with E-state index in [-0.39, 0.29) is 5.91 Å². The lowest BCUT2D eigenvalue weighted by molar-refractivity contribution is -0.131. The standard InChI is InChI=1S/C9H13BrN2O2/c1-6(11)9(13)12(2)5-7-3-4-8(10)14-7/h3-4,6H,5,11H2,1-2H3. The highest BCUT2D eigenvalue weighted by molar-refractivity contribution is 9.10. The van der Waals surface area contributed by atoms with Crippen molar-refractivity contribution in [3.63, 3.8) is 0 Å². The van der Waals surface area contributed by atoms with E-state index in [2.05, 4.69) is 15.9 Å². The molecule has 1 amide bonds. The maximum Gasteiger partial charge on any atom is 0.239 e. The van der Waals surface area contributed by atoms with Gasteiger partial charge in [0.25, 0.3) is 0 Å². The van der Waals surface area contributed by atoms with E-state index < -0.39 is 6.04 Å². The summed E-state index contributed by atoms with van der Waals surface area (Å²) in [4.78, 5) is 12.9. The Balaban J connectivity index is 2.57. The highest BCUT2D eigenvalue weighted by Crippen LogP contribution is 2.15. The number of carbonyl (C=O) groups is 1. The molecule has 0 aliphatic rings. The smallest absolute Gasteiger partial charge is 0.239 e. The molecule has 1 aromatic rings. The van der Waals surface area contributed by atoms with Crippen molar-refractivity contribution < 1.29 is 9.21 Å². The number of hydrogen-bond acceptors (Lipinski definition) is 3. The lowest BCUT2D eigenvalue weighted by atomic mass is 10.3. The van der Waals surface area contributed by atoms with Crippen molar-refractivity contribution in [3.05, 3.63) is 22.6 Å². The second-order valence-corrected chi connectivity index (χ2v) is 3.97. The Labute approximate surface area is 91.2 Å². The molecule has 0 fully saturated rings. The molecule has 1 heterocycles. The lowest BCUT2D eigenvalue weighted by Crippen LogP contribution is -2.39. The van der Waals surface area contributed by atoms with Crippen LogP contribution in [0, 0.1) is 0 Å². The molecule has 5 heteroatoms. The molecule has 1 aromatic heterocycles. The van der Waals surface area contributed by atoms with Gasteiger partial charge in [-0.3, -0.25) is 4.79 Å². The molecule has 0 saturated carbocycles. The molecule has 14 heavy (non-hydrogen) atoms. The summed E-state index contributed by atoms with van der Waals surface area (Å²) in [7, 11) is 1.70. The van der Waals surface area contributed by atoms with Crippen LogP contribution in [-0.4, -0.2) is 23.9 Å². The Kier molecular flexibility index (Phi) is 3.71. The molecule has 1 rings (SSSR count). The average Bonchev–Trinajstić information content (AvgIpc) is 2.49. The van der Waals surface area contributed by atoms with E-state index in [1.165, 1.54) is 4.90 Å². The van der Waals surface area contributed by atoms with Gasteiger partial charge >= 0.3 is 0 Å². The van der Waals surface area contributed by atoms with Crippen molar-refractivity contribution in [1.82, 2.24) is 4.90 Å². The third kappa shape index (κ3) is 2.85. The van der Waals surface area contributed by atoms with Crippen LogP contribution in [-0.2, 0) is 11.3 Å². The number of halogens is 1. The molecule has 0 saturated heterocycles. The van der Waals surface area contributed by atoms with Crippen LogP contribution in [0.25, 0.3) is 0 Å². The van der Waals surface area contributed by atoms with Crippen molar-refractivity contribution in [2.24, 2.45) is 5.73 Å². The van der Waals surface area contributed by atoms with Gasteiger partial charge in [0.1, 0.15) is 5.76 Å². The Bertz CT molecular complexity index is 322. The van der Waals surface area contributed by atoms with Crippen LogP contribution in [0.2, 0.25) is 0 Å². The van der Waals surface area contributed by atoms with E-state index in [0.29, 0.717) is 11.2 Å². The third-order valence-corrected chi connectivity index (χ3v) is 2.21. The summed E-state index contributed by atoms with van der Waals surface area (Å²) < 4.78 is 5.93. The first kappa shape index (κ1) is 11.3. The first-order valence-corrected chi connectivity index (χ1v) is 5.04. The van der Waals surface area contributed by atoms with E-state index in [4.69, 9.17) is 10.2 Å². The number of furan rings is 1. The fraction of sp³-hybridized carbons (Fsp3) is 0.444. The van der Waals surface area contributed by atoms with Gasteiger partial charge in [-0.2, -0.15) is 0 Å². The number of nitrogens with zero attached hydrogens (tertiary/aromatic N) is 1. The number of nitrogens with two attached hydrogens (primary N) is 1. The average molecular weight is 261 g/mol. The lowest BCUT2D eigenvalue weighted by Gasteiger charge is -2.17. The molecular formula is C9H13BrN2O2. The number of hydrogen-bond donors (Lipinski definition) is 1. The molecule has 0 spiro atoms. The van der Waals surface area contributed by atoms with Crippen molar-refractivity contribution in [2.75, 3.05) is 7.05 Å². The van der Waals surface area contributed by atoms with Gasteiger partial charge in [-0.25, -0.2) is 0 Å². The Hall–Kier alpha value is -0.810. The maximum atomic E-state index is 11.4. The highest BCUT2D eigenvalue weighted by atomic mass is 79.9. The minimum atomic E-state index is -0.474. The maximum absolute atomic E-state index is 11.4. The normalized spacial score (nSPS) is 12.6. The van der Waals surface area contributed by atoms with Crippen LogP contribution in [0.4, 0.5) is 0 Å². The SMILES string of the molecule is CC(N)C(=O)N(C)Cc1ccc(Br)o1. The highest BCUT2D eigenvalue weighted by Gasteiger charge is 2.14.